The number of aryl methyl sites for hydroxylation is 1. The van der Waals surface area contributed by atoms with E-state index in [9.17, 15) is 5.11 Å². The summed E-state index contributed by atoms with van der Waals surface area (Å²) in [6.07, 6.45) is 0. The molecule has 0 saturated heterocycles. The highest BCUT2D eigenvalue weighted by molar-refractivity contribution is 14.0. The van der Waals surface area contributed by atoms with Gasteiger partial charge in [0.25, 0.3) is 0 Å². The fourth-order valence-electron chi connectivity index (χ4n) is 2.93. The van der Waals surface area contributed by atoms with Crippen molar-refractivity contribution in [3.8, 4) is 0 Å². The van der Waals surface area contributed by atoms with Crippen molar-refractivity contribution in [2.45, 2.75) is 33.5 Å². The van der Waals surface area contributed by atoms with E-state index in [2.05, 4.69) is 28.6 Å². The Morgan fingerprint density at radius 2 is 1.74 bits per heavy atom. The lowest BCUT2D eigenvalue weighted by atomic mass is 10.1. The first kappa shape index (κ1) is 21.2. The molecular weight excluding hydrogens is 453 g/mol. The summed E-state index contributed by atoms with van der Waals surface area (Å²) >= 11 is 0. The van der Waals surface area contributed by atoms with Crippen LogP contribution in [0.2, 0.25) is 0 Å². The lowest BCUT2D eigenvalue weighted by Crippen LogP contribution is -2.36. The van der Waals surface area contributed by atoms with E-state index < -0.39 is 0 Å². The number of aliphatic imine (C=N–C) groups is 1. The summed E-state index contributed by atoms with van der Waals surface area (Å²) in [6, 6.07) is 15.8. The molecule has 1 aromatic heterocycles. The van der Waals surface area contributed by atoms with Crippen LogP contribution in [0.1, 0.15) is 29.4 Å². The van der Waals surface area contributed by atoms with Crippen molar-refractivity contribution < 1.29 is 9.52 Å². The second kappa shape index (κ2) is 10.3. The number of aliphatic hydroxyl groups is 1. The lowest BCUT2D eigenvalue weighted by Gasteiger charge is -2.11. The first-order valence-electron chi connectivity index (χ1n) is 8.89. The van der Waals surface area contributed by atoms with Crippen molar-refractivity contribution in [3.05, 3.63) is 71.0 Å². The molecule has 0 aliphatic rings. The maximum atomic E-state index is 9.45. The molecule has 0 atom stereocenters. The van der Waals surface area contributed by atoms with Gasteiger partial charge in [-0.05, 0) is 31.0 Å². The summed E-state index contributed by atoms with van der Waals surface area (Å²) < 4.78 is 5.95. The number of guanidine groups is 1. The fourth-order valence-corrected chi connectivity index (χ4v) is 2.93. The van der Waals surface area contributed by atoms with Crippen molar-refractivity contribution in [1.29, 1.82) is 0 Å². The van der Waals surface area contributed by atoms with E-state index in [1.165, 1.54) is 0 Å². The largest absolute Gasteiger partial charge is 0.459 e. The maximum Gasteiger partial charge on any atom is 0.191 e. The van der Waals surface area contributed by atoms with Gasteiger partial charge in [-0.3, -0.25) is 0 Å². The molecule has 0 unspecified atom stereocenters. The molecule has 5 nitrogen and oxygen atoms in total. The Morgan fingerprint density at radius 1 is 1.04 bits per heavy atom. The van der Waals surface area contributed by atoms with Gasteiger partial charge >= 0.3 is 0 Å². The second-order valence-electron chi connectivity index (χ2n) is 6.12. The van der Waals surface area contributed by atoms with Crippen molar-refractivity contribution in [1.82, 2.24) is 10.6 Å². The topological polar surface area (TPSA) is 69.8 Å². The van der Waals surface area contributed by atoms with Crippen LogP contribution in [-0.4, -0.2) is 17.6 Å². The van der Waals surface area contributed by atoms with Crippen LogP contribution >= 0.6 is 24.0 Å². The SMILES string of the molecule is CCNC(=NCc1ccccc1CO)NCc1oc2ccccc2c1C.I. The lowest BCUT2D eigenvalue weighted by molar-refractivity contribution is 0.280. The summed E-state index contributed by atoms with van der Waals surface area (Å²) in [7, 11) is 0. The van der Waals surface area contributed by atoms with Crippen LogP contribution in [0.4, 0.5) is 0 Å². The standard InChI is InChI=1S/C21H25N3O2.HI/c1-3-22-21(23-12-16-8-4-5-9-17(16)14-25)24-13-20-15(2)18-10-6-7-11-19(18)26-20;/h4-11,25H,3,12-14H2,1-2H3,(H2,22,23,24);1H. The first-order valence-corrected chi connectivity index (χ1v) is 8.89. The number of hydrogen-bond donors (Lipinski definition) is 3. The third-order valence-electron chi connectivity index (χ3n) is 4.40. The smallest absolute Gasteiger partial charge is 0.191 e. The second-order valence-corrected chi connectivity index (χ2v) is 6.12. The maximum absolute atomic E-state index is 9.45. The molecule has 3 aromatic rings. The number of halogens is 1. The normalized spacial score (nSPS) is 11.3. The summed E-state index contributed by atoms with van der Waals surface area (Å²) in [5.74, 6) is 1.63. The van der Waals surface area contributed by atoms with Crippen LogP contribution in [0, 0.1) is 6.92 Å². The quantitative estimate of drug-likeness (QED) is 0.283. The van der Waals surface area contributed by atoms with E-state index >= 15 is 0 Å². The summed E-state index contributed by atoms with van der Waals surface area (Å²) in [4.78, 5) is 4.63. The number of nitrogens with one attached hydrogen (secondary N) is 2. The Kier molecular flexibility index (Phi) is 8.12. The van der Waals surface area contributed by atoms with Gasteiger partial charge < -0.3 is 20.2 Å². The highest BCUT2D eigenvalue weighted by Crippen LogP contribution is 2.24. The van der Waals surface area contributed by atoms with Crippen LogP contribution in [0.5, 0.6) is 0 Å². The third kappa shape index (κ3) is 5.23. The Hall–Kier alpha value is -2.06. The molecule has 2 aromatic carbocycles. The van der Waals surface area contributed by atoms with E-state index in [1.54, 1.807) is 0 Å². The minimum absolute atomic E-state index is 0. The van der Waals surface area contributed by atoms with E-state index in [4.69, 9.17) is 4.42 Å². The van der Waals surface area contributed by atoms with Crippen LogP contribution in [-0.2, 0) is 19.7 Å². The zero-order valence-electron chi connectivity index (χ0n) is 15.7. The first-order chi connectivity index (χ1) is 12.7. The molecule has 6 heteroatoms. The van der Waals surface area contributed by atoms with Crippen molar-refractivity contribution >= 4 is 40.9 Å². The molecule has 1 heterocycles. The Bertz CT molecular complexity index is 905. The molecule has 0 fully saturated rings. The number of nitrogens with zero attached hydrogens (tertiary/aromatic N) is 1. The number of fused-ring (bicyclic) bond motifs is 1. The Morgan fingerprint density at radius 3 is 2.44 bits per heavy atom. The predicted octanol–water partition coefficient (Wildman–Crippen LogP) is 4.11. The molecule has 0 aliphatic carbocycles. The van der Waals surface area contributed by atoms with E-state index in [1.807, 2.05) is 49.4 Å². The van der Waals surface area contributed by atoms with Gasteiger partial charge in [0.2, 0.25) is 0 Å². The molecular formula is C21H26IN3O2. The van der Waals surface area contributed by atoms with E-state index in [-0.39, 0.29) is 30.6 Å². The highest BCUT2D eigenvalue weighted by Gasteiger charge is 2.10. The minimum atomic E-state index is 0. The third-order valence-corrected chi connectivity index (χ3v) is 4.40. The minimum Gasteiger partial charge on any atom is -0.459 e. The zero-order valence-corrected chi connectivity index (χ0v) is 18.0. The molecule has 0 saturated carbocycles. The molecule has 0 spiro atoms. The van der Waals surface area contributed by atoms with Gasteiger partial charge in [-0.25, -0.2) is 4.99 Å². The number of aliphatic hydroxyl groups excluding tert-OH is 1. The van der Waals surface area contributed by atoms with Crippen molar-refractivity contribution in [2.75, 3.05) is 6.54 Å². The monoisotopic (exact) mass is 479 g/mol. The Labute approximate surface area is 176 Å². The van der Waals surface area contributed by atoms with Crippen LogP contribution in [0.25, 0.3) is 11.0 Å². The van der Waals surface area contributed by atoms with E-state index in [0.717, 1.165) is 45.9 Å². The van der Waals surface area contributed by atoms with Gasteiger partial charge in [0.05, 0.1) is 19.7 Å². The van der Waals surface area contributed by atoms with Gasteiger partial charge in [-0.2, -0.15) is 0 Å². The van der Waals surface area contributed by atoms with Gasteiger partial charge in [-0.1, -0.05) is 42.5 Å². The summed E-state index contributed by atoms with van der Waals surface area (Å²) in [5.41, 5.74) is 3.97. The molecule has 0 amide bonds. The fraction of sp³-hybridized carbons (Fsp3) is 0.286. The highest BCUT2D eigenvalue weighted by atomic mass is 127. The molecule has 27 heavy (non-hydrogen) atoms. The van der Waals surface area contributed by atoms with Crippen LogP contribution in [0.3, 0.4) is 0 Å². The Balaban J connectivity index is 0.00000261. The molecule has 3 N–H and O–H groups in total. The van der Waals surface area contributed by atoms with Crippen molar-refractivity contribution in [3.63, 3.8) is 0 Å². The number of benzene rings is 2. The van der Waals surface area contributed by atoms with Gasteiger partial charge in [-0.15, -0.1) is 24.0 Å². The number of furan rings is 1. The predicted molar refractivity (Wildman–Crippen MR) is 120 cm³/mol. The molecule has 0 aliphatic heterocycles. The van der Waals surface area contributed by atoms with Gasteiger partial charge in [0.15, 0.2) is 5.96 Å². The zero-order chi connectivity index (χ0) is 18.4. The van der Waals surface area contributed by atoms with Gasteiger partial charge in [0.1, 0.15) is 11.3 Å². The number of rotatable bonds is 6. The molecule has 3 rings (SSSR count). The number of hydrogen-bond acceptors (Lipinski definition) is 3. The summed E-state index contributed by atoms with van der Waals surface area (Å²) in [6.45, 7) is 5.97. The molecule has 0 bridgehead atoms. The number of para-hydroxylation sites is 1. The van der Waals surface area contributed by atoms with Crippen molar-refractivity contribution in [2.24, 2.45) is 4.99 Å². The van der Waals surface area contributed by atoms with Crippen LogP contribution in [0.15, 0.2) is 57.9 Å². The van der Waals surface area contributed by atoms with E-state index in [0.29, 0.717) is 13.1 Å². The molecule has 144 valence electrons. The summed E-state index contributed by atoms with van der Waals surface area (Å²) in [5, 5.41) is 17.2. The average Bonchev–Trinajstić information content (AvgIpc) is 3.00. The van der Waals surface area contributed by atoms with Crippen LogP contribution < -0.4 is 10.6 Å². The average molecular weight is 479 g/mol. The molecule has 0 radical (unpaired) electrons. The van der Waals surface area contributed by atoms with Gasteiger partial charge in [0, 0.05) is 17.5 Å².